The number of aromatic hydroxyl groups is 1. The van der Waals surface area contributed by atoms with Gasteiger partial charge >= 0.3 is 0 Å². The van der Waals surface area contributed by atoms with Gasteiger partial charge < -0.3 is 15.7 Å². The molecule has 0 heterocycles. The second-order valence-corrected chi connectivity index (χ2v) is 4.35. The fourth-order valence-electron chi connectivity index (χ4n) is 1.87. The summed E-state index contributed by atoms with van der Waals surface area (Å²) in [6.45, 7) is 4.51. The van der Waals surface area contributed by atoms with E-state index in [-0.39, 0.29) is 11.7 Å². The van der Waals surface area contributed by atoms with Gasteiger partial charge in [0.15, 0.2) is 0 Å². The lowest BCUT2D eigenvalue weighted by molar-refractivity contribution is -0.119. The summed E-state index contributed by atoms with van der Waals surface area (Å²) in [4.78, 5) is 13.8. The smallest absolute Gasteiger partial charge is 0.243 e. The van der Waals surface area contributed by atoms with Crippen molar-refractivity contribution in [1.29, 1.82) is 0 Å². The highest BCUT2D eigenvalue weighted by molar-refractivity contribution is 5.97. The monoisotopic (exact) mass is 250 g/mol. The van der Waals surface area contributed by atoms with Gasteiger partial charge in [0.1, 0.15) is 5.75 Å². The van der Waals surface area contributed by atoms with E-state index in [0.717, 1.165) is 12.8 Å². The Morgan fingerprint density at radius 2 is 2.17 bits per heavy atom. The van der Waals surface area contributed by atoms with Crippen molar-refractivity contribution in [2.24, 2.45) is 5.73 Å². The van der Waals surface area contributed by atoms with Crippen molar-refractivity contribution in [1.82, 2.24) is 0 Å². The molecule has 4 nitrogen and oxygen atoms in total. The Hall–Kier alpha value is -1.55. The van der Waals surface area contributed by atoms with Crippen molar-refractivity contribution < 1.29 is 9.90 Å². The number of carbonyl (C=O) groups is 1. The number of phenolic OH excluding ortho intramolecular Hbond substituents is 1. The minimum absolute atomic E-state index is 0.0865. The minimum atomic E-state index is -0.466. The normalized spacial score (nSPS) is 12.2. The van der Waals surface area contributed by atoms with E-state index < -0.39 is 6.04 Å². The molecule has 0 saturated heterocycles. The summed E-state index contributed by atoms with van der Waals surface area (Å²) in [5.41, 5.74) is 6.59. The zero-order chi connectivity index (χ0) is 13.5. The van der Waals surface area contributed by atoms with Crippen molar-refractivity contribution in [2.45, 2.75) is 39.2 Å². The first-order valence-corrected chi connectivity index (χ1v) is 6.46. The first-order chi connectivity index (χ1) is 8.60. The van der Waals surface area contributed by atoms with Crippen LogP contribution in [0.3, 0.4) is 0 Å². The number of nitrogens with two attached hydrogens (primary N) is 1. The summed E-state index contributed by atoms with van der Waals surface area (Å²) in [5.74, 6) is 0.0671. The van der Waals surface area contributed by atoms with Crippen LogP contribution in [0.1, 0.15) is 33.1 Å². The van der Waals surface area contributed by atoms with E-state index in [1.165, 1.54) is 0 Å². The molecule has 1 aromatic carbocycles. The van der Waals surface area contributed by atoms with E-state index in [4.69, 9.17) is 5.73 Å². The van der Waals surface area contributed by atoms with Crippen LogP contribution in [-0.4, -0.2) is 23.6 Å². The lowest BCUT2D eigenvalue weighted by atomic mass is 10.1. The SMILES string of the molecule is CCCCC(N)C(=O)N(CC)c1cccc(O)c1. The molecular weight excluding hydrogens is 228 g/mol. The molecule has 4 heteroatoms. The van der Waals surface area contributed by atoms with E-state index in [1.807, 2.05) is 6.92 Å². The molecule has 18 heavy (non-hydrogen) atoms. The van der Waals surface area contributed by atoms with Crippen LogP contribution in [0.25, 0.3) is 0 Å². The van der Waals surface area contributed by atoms with Crippen LogP contribution in [0.2, 0.25) is 0 Å². The summed E-state index contributed by atoms with van der Waals surface area (Å²) in [5, 5.41) is 9.45. The van der Waals surface area contributed by atoms with Crippen molar-refractivity contribution in [3.05, 3.63) is 24.3 Å². The molecule has 0 aliphatic carbocycles. The Labute approximate surface area is 108 Å². The summed E-state index contributed by atoms with van der Waals surface area (Å²) in [6, 6.07) is 6.21. The summed E-state index contributed by atoms with van der Waals surface area (Å²) in [7, 11) is 0. The molecule has 0 aromatic heterocycles. The first kappa shape index (κ1) is 14.5. The number of rotatable bonds is 6. The average Bonchev–Trinajstić information content (AvgIpc) is 2.36. The Kier molecular flexibility index (Phi) is 5.65. The molecule has 0 radical (unpaired) electrons. The van der Waals surface area contributed by atoms with Crippen molar-refractivity contribution in [3.8, 4) is 5.75 Å². The quantitative estimate of drug-likeness (QED) is 0.814. The van der Waals surface area contributed by atoms with Crippen molar-refractivity contribution in [3.63, 3.8) is 0 Å². The number of amides is 1. The summed E-state index contributed by atoms with van der Waals surface area (Å²) >= 11 is 0. The van der Waals surface area contributed by atoms with E-state index in [2.05, 4.69) is 6.92 Å². The number of anilines is 1. The van der Waals surface area contributed by atoms with E-state index >= 15 is 0 Å². The number of hydrogen-bond donors (Lipinski definition) is 2. The maximum absolute atomic E-state index is 12.2. The Morgan fingerprint density at radius 1 is 1.44 bits per heavy atom. The molecule has 1 unspecified atom stereocenters. The highest BCUT2D eigenvalue weighted by atomic mass is 16.3. The van der Waals surface area contributed by atoms with Crippen LogP contribution in [-0.2, 0) is 4.79 Å². The van der Waals surface area contributed by atoms with Gasteiger partial charge in [0.25, 0.3) is 0 Å². The zero-order valence-electron chi connectivity index (χ0n) is 11.1. The summed E-state index contributed by atoms with van der Waals surface area (Å²) in [6.07, 6.45) is 2.67. The van der Waals surface area contributed by atoms with Crippen molar-refractivity contribution >= 4 is 11.6 Å². The topological polar surface area (TPSA) is 66.6 Å². The van der Waals surface area contributed by atoms with E-state index in [1.54, 1.807) is 29.2 Å². The zero-order valence-corrected chi connectivity index (χ0v) is 11.1. The third-order valence-electron chi connectivity index (χ3n) is 2.91. The van der Waals surface area contributed by atoms with Crippen LogP contribution in [0.5, 0.6) is 5.75 Å². The van der Waals surface area contributed by atoms with Crippen LogP contribution in [0.4, 0.5) is 5.69 Å². The molecule has 1 amide bonds. The third-order valence-corrected chi connectivity index (χ3v) is 2.91. The first-order valence-electron chi connectivity index (χ1n) is 6.46. The number of phenols is 1. The molecule has 0 bridgehead atoms. The van der Waals surface area contributed by atoms with Gasteiger partial charge in [-0.3, -0.25) is 4.79 Å². The fourth-order valence-corrected chi connectivity index (χ4v) is 1.87. The third kappa shape index (κ3) is 3.74. The Bertz CT molecular complexity index is 393. The van der Waals surface area contributed by atoms with Gasteiger partial charge in [-0.25, -0.2) is 0 Å². The molecule has 0 aliphatic rings. The van der Waals surface area contributed by atoms with Gasteiger partial charge in [-0.1, -0.05) is 25.8 Å². The molecular formula is C14H22N2O2. The number of unbranched alkanes of at least 4 members (excludes halogenated alkanes) is 1. The number of nitrogens with zero attached hydrogens (tertiary/aromatic N) is 1. The predicted molar refractivity (Wildman–Crippen MR) is 73.6 cm³/mol. The maximum atomic E-state index is 12.2. The van der Waals surface area contributed by atoms with Gasteiger partial charge in [0, 0.05) is 18.3 Å². The number of hydrogen-bond acceptors (Lipinski definition) is 3. The summed E-state index contributed by atoms with van der Waals surface area (Å²) < 4.78 is 0. The van der Waals surface area contributed by atoms with E-state index in [9.17, 15) is 9.90 Å². The van der Waals surface area contributed by atoms with Gasteiger partial charge in [-0.2, -0.15) is 0 Å². The largest absolute Gasteiger partial charge is 0.508 e. The van der Waals surface area contributed by atoms with Crippen LogP contribution >= 0.6 is 0 Å². The lowest BCUT2D eigenvalue weighted by Gasteiger charge is -2.24. The number of carbonyl (C=O) groups excluding carboxylic acids is 1. The maximum Gasteiger partial charge on any atom is 0.243 e. The Balaban J connectivity index is 2.79. The number of benzene rings is 1. The molecule has 100 valence electrons. The van der Waals surface area contributed by atoms with Crippen molar-refractivity contribution in [2.75, 3.05) is 11.4 Å². The fraction of sp³-hybridized carbons (Fsp3) is 0.500. The van der Waals surface area contributed by atoms with E-state index in [0.29, 0.717) is 18.7 Å². The standard InChI is InChI=1S/C14H22N2O2/c1-3-5-9-13(15)14(18)16(4-2)11-7-6-8-12(17)10-11/h6-8,10,13,17H,3-5,9,15H2,1-2H3. The van der Waals surface area contributed by atoms with Gasteiger partial charge in [-0.15, -0.1) is 0 Å². The molecule has 1 atom stereocenters. The second kappa shape index (κ2) is 7.01. The molecule has 0 saturated carbocycles. The van der Waals surface area contributed by atoms with Gasteiger partial charge in [-0.05, 0) is 25.5 Å². The van der Waals surface area contributed by atoms with Crippen LogP contribution < -0.4 is 10.6 Å². The highest BCUT2D eigenvalue weighted by Crippen LogP contribution is 2.20. The lowest BCUT2D eigenvalue weighted by Crippen LogP contribution is -2.43. The van der Waals surface area contributed by atoms with Crippen LogP contribution in [0.15, 0.2) is 24.3 Å². The predicted octanol–water partition coefficient (Wildman–Crippen LogP) is 2.26. The van der Waals surface area contributed by atoms with Gasteiger partial charge in [0.2, 0.25) is 5.91 Å². The molecule has 0 spiro atoms. The molecule has 3 N–H and O–H groups in total. The molecule has 0 aliphatic heterocycles. The highest BCUT2D eigenvalue weighted by Gasteiger charge is 2.20. The van der Waals surface area contributed by atoms with Crippen LogP contribution in [0, 0.1) is 0 Å². The molecule has 0 fully saturated rings. The Morgan fingerprint density at radius 3 is 2.72 bits per heavy atom. The molecule has 1 rings (SSSR count). The molecule has 1 aromatic rings. The number of likely N-dealkylation sites (N-methyl/N-ethyl adjacent to an activating group) is 1. The average molecular weight is 250 g/mol. The minimum Gasteiger partial charge on any atom is -0.508 e. The second-order valence-electron chi connectivity index (χ2n) is 4.35. The van der Waals surface area contributed by atoms with Gasteiger partial charge in [0.05, 0.1) is 6.04 Å².